The third-order valence-electron chi connectivity index (χ3n) is 7.30. The van der Waals surface area contributed by atoms with Crippen molar-refractivity contribution in [2.24, 2.45) is 0 Å². The van der Waals surface area contributed by atoms with Crippen LogP contribution in [0.5, 0.6) is 5.75 Å². The normalized spacial score (nSPS) is 16.2. The maximum Gasteiger partial charge on any atom is 0.326 e. The number of nitrogens with zero attached hydrogens (tertiary/aromatic N) is 1. The van der Waals surface area contributed by atoms with Crippen LogP contribution in [-0.2, 0) is 37.4 Å². The molecule has 3 aromatic rings. The molecule has 0 radical (unpaired) electrons. The Kier molecular flexibility index (Phi) is 10.7. The summed E-state index contributed by atoms with van der Waals surface area (Å²) in [6, 6.07) is 13.0. The standard InChI is InChI=1S/C31H34Cl2N2O7S/c1-4-42-18-21-12-19(2)29(28(14-21)41-3)22-9-7-20(8-10-22)13-26(31(37)38)34-30(36)27-6-5-11-35(27)43(39,40)25-16-23(32)15-24(33)17-25/h7-10,12,14-17,26-27H,4-6,11,13,18H2,1-3H3,(H,34,36)(H,37,38)/t26-,27-/m0/s1. The van der Waals surface area contributed by atoms with Gasteiger partial charge in [-0.25, -0.2) is 13.2 Å². The monoisotopic (exact) mass is 648 g/mol. The highest BCUT2D eigenvalue weighted by Crippen LogP contribution is 2.35. The zero-order valence-electron chi connectivity index (χ0n) is 24.1. The second-order valence-electron chi connectivity index (χ2n) is 10.3. The number of hydrogen-bond acceptors (Lipinski definition) is 6. The first kappa shape index (κ1) is 32.8. The lowest BCUT2D eigenvalue weighted by Gasteiger charge is -2.25. The number of nitrogens with one attached hydrogen (secondary N) is 1. The third kappa shape index (κ3) is 7.69. The Hall–Kier alpha value is -3.15. The van der Waals surface area contributed by atoms with Gasteiger partial charge in [0.25, 0.3) is 0 Å². The first-order chi connectivity index (χ1) is 20.4. The molecule has 1 aliphatic heterocycles. The minimum absolute atomic E-state index is 0.00807. The van der Waals surface area contributed by atoms with E-state index in [0.29, 0.717) is 30.9 Å². The van der Waals surface area contributed by atoms with Crippen LogP contribution in [0.2, 0.25) is 10.0 Å². The Morgan fingerprint density at radius 1 is 1.07 bits per heavy atom. The van der Waals surface area contributed by atoms with Crippen LogP contribution < -0.4 is 10.1 Å². The average molecular weight is 650 g/mol. The largest absolute Gasteiger partial charge is 0.496 e. The number of amides is 1. The van der Waals surface area contributed by atoms with Gasteiger partial charge in [-0.15, -0.1) is 0 Å². The molecule has 0 unspecified atom stereocenters. The molecule has 4 rings (SSSR count). The molecule has 1 heterocycles. The smallest absolute Gasteiger partial charge is 0.326 e. The molecule has 0 spiro atoms. The van der Waals surface area contributed by atoms with Gasteiger partial charge in [-0.3, -0.25) is 4.79 Å². The number of carbonyl (C=O) groups is 2. The van der Waals surface area contributed by atoms with Gasteiger partial charge in [-0.2, -0.15) is 4.31 Å². The number of benzene rings is 3. The zero-order valence-corrected chi connectivity index (χ0v) is 26.4. The van der Waals surface area contributed by atoms with Gasteiger partial charge < -0.3 is 19.9 Å². The van der Waals surface area contributed by atoms with Crippen LogP contribution >= 0.6 is 23.2 Å². The van der Waals surface area contributed by atoms with E-state index in [0.717, 1.165) is 26.6 Å². The number of hydrogen-bond donors (Lipinski definition) is 2. The molecular formula is C31H34Cl2N2O7S. The van der Waals surface area contributed by atoms with Crippen molar-refractivity contribution < 1.29 is 32.6 Å². The second-order valence-corrected chi connectivity index (χ2v) is 13.1. The lowest BCUT2D eigenvalue weighted by Crippen LogP contribution is -2.51. The van der Waals surface area contributed by atoms with E-state index in [2.05, 4.69) is 5.32 Å². The summed E-state index contributed by atoms with van der Waals surface area (Å²) < 4.78 is 38.9. The summed E-state index contributed by atoms with van der Waals surface area (Å²) in [5.74, 6) is -1.20. The molecule has 1 saturated heterocycles. The van der Waals surface area contributed by atoms with E-state index in [1.807, 2.05) is 38.1 Å². The molecule has 9 nitrogen and oxygen atoms in total. The number of rotatable bonds is 12. The van der Waals surface area contributed by atoms with E-state index in [1.54, 1.807) is 19.2 Å². The number of halogens is 2. The molecule has 3 aromatic carbocycles. The predicted octanol–water partition coefficient (Wildman–Crippen LogP) is 5.48. The van der Waals surface area contributed by atoms with E-state index in [9.17, 15) is 23.1 Å². The molecule has 43 heavy (non-hydrogen) atoms. The fourth-order valence-corrected chi connectivity index (χ4v) is 7.66. The van der Waals surface area contributed by atoms with Gasteiger partial charge in [0.05, 0.1) is 18.6 Å². The first-order valence-corrected chi connectivity index (χ1v) is 16.0. The molecule has 1 fully saturated rings. The summed E-state index contributed by atoms with van der Waals surface area (Å²) in [7, 11) is -2.49. The maximum atomic E-state index is 13.3. The van der Waals surface area contributed by atoms with E-state index in [4.69, 9.17) is 32.7 Å². The van der Waals surface area contributed by atoms with Gasteiger partial charge in [-0.05, 0) is 73.2 Å². The number of carbonyl (C=O) groups excluding carboxylic acids is 1. The van der Waals surface area contributed by atoms with Gasteiger partial charge in [0, 0.05) is 35.2 Å². The van der Waals surface area contributed by atoms with E-state index in [1.165, 1.54) is 18.2 Å². The van der Waals surface area contributed by atoms with Gasteiger partial charge in [0.1, 0.15) is 17.8 Å². The fraction of sp³-hybridized carbons (Fsp3) is 0.355. The maximum absolute atomic E-state index is 13.3. The number of sulfonamides is 1. The molecule has 2 atom stereocenters. The van der Waals surface area contributed by atoms with Crippen molar-refractivity contribution in [1.29, 1.82) is 0 Å². The Morgan fingerprint density at radius 3 is 2.35 bits per heavy atom. The van der Waals surface area contributed by atoms with Crippen molar-refractivity contribution in [2.45, 2.75) is 56.7 Å². The number of methoxy groups -OCH3 is 1. The molecule has 230 valence electrons. The van der Waals surface area contributed by atoms with E-state index >= 15 is 0 Å². The van der Waals surface area contributed by atoms with Crippen LogP contribution in [0.3, 0.4) is 0 Å². The Labute approximate surface area is 261 Å². The summed E-state index contributed by atoms with van der Waals surface area (Å²) in [5.41, 5.74) is 4.51. The molecular weight excluding hydrogens is 615 g/mol. The molecule has 0 aliphatic carbocycles. The number of aliphatic carboxylic acids is 1. The number of ether oxygens (including phenoxy) is 2. The van der Waals surface area contributed by atoms with Crippen molar-refractivity contribution in [1.82, 2.24) is 9.62 Å². The highest BCUT2D eigenvalue weighted by atomic mass is 35.5. The molecule has 1 aliphatic rings. The van der Waals surface area contributed by atoms with Crippen LogP contribution in [0.15, 0.2) is 59.5 Å². The van der Waals surface area contributed by atoms with Gasteiger partial charge in [0.15, 0.2) is 0 Å². The van der Waals surface area contributed by atoms with Crippen molar-refractivity contribution >= 4 is 45.1 Å². The average Bonchev–Trinajstić information content (AvgIpc) is 3.47. The Bertz CT molecular complexity index is 1580. The van der Waals surface area contributed by atoms with Gasteiger partial charge in [-0.1, -0.05) is 53.5 Å². The van der Waals surface area contributed by atoms with Crippen molar-refractivity contribution in [3.8, 4) is 16.9 Å². The van der Waals surface area contributed by atoms with Crippen LogP contribution in [0.4, 0.5) is 0 Å². The zero-order chi connectivity index (χ0) is 31.3. The lowest BCUT2D eigenvalue weighted by molar-refractivity contribution is -0.142. The van der Waals surface area contributed by atoms with Crippen molar-refractivity contribution in [3.63, 3.8) is 0 Å². The van der Waals surface area contributed by atoms with Gasteiger partial charge >= 0.3 is 5.97 Å². The Morgan fingerprint density at radius 2 is 1.74 bits per heavy atom. The molecule has 12 heteroatoms. The lowest BCUT2D eigenvalue weighted by atomic mass is 9.95. The van der Waals surface area contributed by atoms with Crippen molar-refractivity contribution in [3.05, 3.63) is 81.3 Å². The Balaban J connectivity index is 1.49. The number of aryl methyl sites for hydroxylation is 1. The summed E-state index contributed by atoms with van der Waals surface area (Å²) in [6.45, 7) is 5.13. The quantitative estimate of drug-likeness (QED) is 0.267. The minimum Gasteiger partial charge on any atom is -0.496 e. The second kappa shape index (κ2) is 14.1. The number of carboxylic acids is 1. The summed E-state index contributed by atoms with van der Waals surface area (Å²) in [4.78, 5) is 25.3. The molecule has 0 bridgehead atoms. The van der Waals surface area contributed by atoms with Crippen LogP contribution in [-0.4, -0.2) is 62.1 Å². The molecule has 2 N–H and O–H groups in total. The molecule has 1 amide bonds. The predicted molar refractivity (Wildman–Crippen MR) is 165 cm³/mol. The summed E-state index contributed by atoms with van der Waals surface area (Å²) in [5, 5.41) is 12.8. The SMILES string of the molecule is CCOCc1cc(C)c(-c2ccc(C[C@H](NC(=O)[C@@H]3CCCN3S(=O)(=O)c3cc(Cl)cc(Cl)c3)C(=O)O)cc2)c(OC)c1. The minimum atomic E-state index is -4.10. The summed E-state index contributed by atoms with van der Waals surface area (Å²) >= 11 is 12.0. The third-order valence-corrected chi connectivity index (χ3v) is 9.62. The highest BCUT2D eigenvalue weighted by Gasteiger charge is 2.40. The molecule has 0 saturated carbocycles. The molecule has 0 aromatic heterocycles. The fourth-order valence-electron chi connectivity index (χ4n) is 5.27. The topological polar surface area (TPSA) is 122 Å². The van der Waals surface area contributed by atoms with Gasteiger partial charge in [0.2, 0.25) is 15.9 Å². The van der Waals surface area contributed by atoms with Crippen molar-refractivity contribution in [2.75, 3.05) is 20.3 Å². The van der Waals surface area contributed by atoms with Crippen LogP contribution in [0.25, 0.3) is 11.1 Å². The first-order valence-electron chi connectivity index (χ1n) is 13.8. The highest BCUT2D eigenvalue weighted by molar-refractivity contribution is 7.89. The van der Waals surface area contributed by atoms with E-state index in [-0.39, 0.29) is 34.3 Å². The van der Waals surface area contributed by atoms with E-state index < -0.39 is 34.0 Å². The summed E-state index contributed by atoms with van der Waals surface area (Å²) in [6.07, 6.45) is 0.708. The van der Waals surface area contributed by atoms with Crippen LogP contribution in [0.1, 0.15) is 36.5 Å². The van der Waals surface area contributed by atoms with Crippen LogP contribution in [0, 0.1) is 6.92 Å². The number of carboxylic acid groups (broad SMARTS) is 1.